The van der Waals surface area contributed by atoms with E-state index in [1.165, 1.54) is 0 Å². The second kappa shape index (κ2) is 6.81. The minimum Gasteiger partial charge on any atom is -0.748 e. The van der Waals surface area contributed by atoms with Gasteiger partial charge in [0.15, 0.2) is 6.08 Å². The van der Waals surface area contributed by atoms with Crippen LogP contribution < -0.4 is 5.32 Å². The molecule has 1 aromatic carbocycles. The number of nitrogens with one attached hydrogen (secondary N) is 1. The molecule has 0 saturated carbocycles. The van der Waals surface area contributed by atoms with Crippen molar-refractivity contribution in [3.8, 4) is 0 Å². The summed E-state index contributed by atoms with van der Waals surface area (Å²) in [5.41, 5.74) is 0.530. The van der Waals surface area contributed by atoms with Gasteiger partial charge in [0, 0.05) is 0 Å². The molecule has 0 bridgehead atoms. The Kier molecular flexibility index (Phi) is 5.36. The molecule has 0 aliphatic carbocycles. The molecular weight excluding hydrogens is 238 g/mol. The summed E-state index contributed by atoms with van der Waals surface area (Å²) in [4.78, 5) is 0. The van der Waals surface area contributed by atoms with Crippen molar-refractivity contribution in [1.82, 2.24) is 5.32 Å². The molecule has 0 amide bonds. The molecule has 0 fully saturated rings. The van der Waals surface area contributed by atoms with Crippen LogP contribution in [0.2, 0.25) is 0 Å². The van der Waals surface area contributed by atoms with Gasteiger partial charge in [-0.1, -0.05) is 30.3 Å². The van der Waals surface area contributed by atoms with Crippen molar-refractivity contribution in [2.24, 2.45) is 0 Å². The molecule has 1 aliphatic heterocycles. The van der Waals surface area contributed by atoms with Crippen LogP contribution >= 0.6 is 0 Å². The summed E-state index contributed by atoms with van der Waals surface area (Å²) in [7, 11) is -4.13. The lowest BCUT2D eigenvalue weighted by Crippen LogP contribution is -2.05. The molecule has 4 nitrogen and oxygen atoms in total. The normalized spacial score (nSPS) is 13.0. The lowest BCUT2D eigenvalue weighted by molar-refractivity contribution is 0.462. The third kappa shape index (κ3) is 7.25. The predicted octanol–water partition coefficient (Wildman–Crippen LogP) is 1.19. The van der Waals surface area contributed by atoms with Crippen molar-refractivity contribution < 1.29 is 13.0 Å². The van der Waals surface area contributed by atoms with Gasteiger partial charge in [-0.3, -0.25) is 0 Å². The number of benzene rings is 1. The maximum Gasteiger partial charge on any atom is 0.176 e. The molecule has 0 radical (unpaired) electrons. The highest BCUT2D eigenvalue weighted by Crippen LogP contribution is 2.02. The number of allylic oxidation sites excluding steroid dienone is 2. The molecule has 1 aromatic rings. The number of dihydropyridines is 1. The summed E-state index contributed by atoms with van der Waals surface area (Å²) in [5.74, 6) is -0.423. The minimum atomic E-state index is -4.13. The SMILES string of the molecule is O=S(=O)([O-])Cc1ccccc1.[C+]1=CCNC=C1. The van der Waals surface area contributed by atoms with Crippen molar-refractivity contribution in [3.05, 3.63) is 60.3 Å². The van der Waals surface area contributed by atoms with E-state index in [9.17, 15) is 13.0 Å². The van der Waals surface area contributed by atoms with Crippen molar-refractivity contribution in [2.45, 2.75) is 5.75 Å². The van der Waals surface area contributed by atoms with E-state index in [0.29, 0.717) is 5.56 Å². The Hall–Kier alpha value is -1.68. The molecule has 0 unspecified atom stereocenters. The Morgan fingerprint density at radius 3 is 2.35 bits per heavy atom. The van der Waals surface area contributed by atoms with Crippen molar-refractivity contribution >= 4 is 10.1 Å². The molecule has 0 aromatic heterocycles. The van der Waals surface area contributed by atoms with Crippen LogP contribution in [-0.2, 0) is 15.9 Å². The van der Waals surface area contributed by atoms with Crippen LogP contribution in [-0.4, -0.2) is 19.5 Å². The Balaban J connectivity index is 0.000000202. The molecule has 1 aliphatic rings. The van der Waals surface area contributed by atoms with E-state index >= 15 is 0 Å². The summed E-state index contributed by atoms with van der Waals surface area (Å²) >= 11 is 0. The lowest BCUT2D eigenvalue weighted by atomic mass is 10.2. The maximum atomic E-state index is 10.2. The average molecular weight is 251 g/mol. The van der Waals surface area contributed by atoms with E-state index < -0.39 is 15.9 Å². The smallest absolute Gasteiger partial charge is 0.176 e. The van der Waals surface area contributed by atoms with Crippen LogP contribution in [0, 0.1) is 6.08 Å². The zero-order chi connectivity index (χ0) is 12.6. The van der Waals surface area contributed by atoms with E-state index in [4.69, 9.17) is 0 Å². The minimum absolute atomic E-state index is 0.423. The van der Waals surface area contributed by atoms with Gasteiger partial charge < -0.3 is 9.87 Å². The number of rotatable bonds is 2. The first-order chi connectivity index (χ1) is 8.08. The van der Waals surface area contributed by atoms with Gasteiger partial charge in [0.2, 0.25) is 0 Å². The fraction of sp³-hybridized carbons (Fsp3) is 0.167. The Morgan fingerprint density at radius 2 is 2.00 bits per heavy atom. The average Bonchev–Trinajstić information content (AvgIpc) is 2.31. The number of hydrogen-bond acceptors (Lipinski definition) is 4. The largest absolute Gasteiger partial charge is 0.748 e. The Bertz CT molecular complexity index is 466. The molecule has 17 heavy (non-hydrogen) atoms. The van der Waals surface area contributed by atoms with Gasteiger partial charge in [0.1, 0.15) is 6.20 Å². The molecule has 0 atom stereocenters. The van der Waals surface area contributed by atoms with Gasteiger partial charge in [-0.2, -0.15) is 0 Å². The third-order valence-corrected chi connectivity index (χ3v) is 2.51. The molecule has 0 spiro atoms. The summed E-state index contributed by atoms with van der Waals surface area (Å²) < 4.78 is 30.7. The van der Waals surface area contributed by atoms with Gasteiger partial charge in [0.25, 0.3) is 0 Å². The standard InChI is InChI=1S/C7H8O3S.C5H6N/c8-11(9,10)6-7-4-2-1-3-5-7;1-2-4-6-5-3-1/h1-5H,6H2,(H,8,9,10);2-4,6H,5H2/q;+1/p-1. The first kappa shape index (κ1) is 13.4. The molecule has 90 valence electrons. The maximum absolute atomic E-state index is 10.2. The van der Waals surface area contributed by atoms with Crippen LogP contribution in [0.1, 0.15) is 5.56 Å². The Labute approximate surface area is 101 Å². The second-order valence-electron chi connectivity index (χ2n) is 3.30. The quantitative estimate of drug-likeness (QED) is 0.633. The van der Waals surface area contributed by atoms with E-state index in [1.54, 1.807) is 30.3 Å². The Morgan fingerprint density at radius 1 is 1.29 bits per heavy atom. The number of hydrogen-bond donors (Lipinski definition) is 1. The van der Waals surface area contributed by atoms with Crippen LogP contribution in [0.15, 0.2) is 48.7 Å². The highest BCUT2D eigenvalue weighted by Gasteiger charge is 1.95. The summed E-state index contributed by atoms with van der Waals surface area (Å²) in [6.45, 7) is 0.927. The van der Waals surface area contributed by atoms with Gasteiger partial charge in [-0.05, 0) is 5.56 Å². The van der Waals surface area contributed by atoms with Crippen molar-refractivity contribution in [3.63, 3.8) is 0 Å². The molecule has 1 N–H and O–H groups in total. The van der Waals surface area contributed by atoms with Crippen molar-refractivity contribution in [1.29, 1.82) is 0 Å². The zero-order valence-corrected chi connectivity index (χ0v) is 9.98. The van der Waals surface area contributed by atoms with E-state index in [1.807, 2.05) is 18.4 Å². The van der Waals surface area contributed by atoms with Gasteiger partial charge >= 0.3 is 0 Å². The fourth-order valence-corrected chi connectivity index (χ4v) is 1.74. The first-order valence-corrected chi connectivity index (χ1v) is 6.59. The van der Waals surface area contributed by atoms with Crippen molar-refractivity contribution in [2.75, 3.05) is 6.54 Å². The molecule has 2 rings (SSSR count). The van der Waals surface area contributed by atoms with Gasteiger partial charge in [-0.15, -0.1) is 0 Å². The topological polar surface area (TPSA) is 69.2 Å². The summed E-state index contributed by atoms with van der Waals surface area (Å²) in [6, 6.07) is 8.37. The van der Waals surface area contributed by atoms with E-state index in [0.717, 1.165) is 6.54 Å². The van der Waals surface area contributed by atoms with E-state index in [2.05, 4.69) is 11.4 Å². The van der Waals surface area contributed by atoms with Gasteiger partial charge in [-0.25, -0.2) is 8.42 Å². The first-order valence-electron chi connectivity index (χ1n) is 5.01. The second-order valence-corrected chi connectivity index (χ2v) is 4.70. The zero-order valence-electron chi connectivity index (χ0n) is 9.17. The molecule has 1 heterocycles. The molecule has 5 heteroatoms. The molecule has 0 saturated heterocycles. The monoisotopic (exact) mass is 251 g/mol. The fourth-order valence-electron chi connectivity index (χ4n) is 1.14. The van der Waals surface area contributed by atoms with E-state index in [-0.39, 0.29) is 0 Å². The third-order valence-electron chi connectivity index (χ3n) is 1.82. The van der Waals surface area contributed by atoms with Crippen LogP contribution in [0.5, 0.6) is 0 Å². The predicted molar refractivity (Wildman–Crippen MR) is 64.8 cm³/mol. The highest BCUT2D eigenvalue weighted by molar-refractivity contribution is 7.84. The van der Waals surface area contributed by atoms with Crippen LogP contribution in [0.4, 0.5) is 0 Å². The summed E-state index contributed by atoms with van der Waals surface area (Å²) in [6.07, 6.45) is 8.59. The summed E-state index contributed by atoms with van der Waals surface area (Å²) in [5, 5.41) is 2.99. The highest BCUT2D eigenvalue weighted by atomic mass is 32.2. The van der Waals surface area contributed by atoms with Gasteiger partial charge in [0.05, 0.1) is 34.6 Å². The molecular formula is C12H13NO3S. The van der Waals surface area contributed by atoms with Crippen LogP contribution in [0.25, 0.3) is 0 Å². The van der Waals surface area contributed by atoms with Crippen LogP contribution in [0.3, 0.4) is 0 Å². The lowest BCUT2D eigenvalue weighted by Gasteiger charge is -2.05.